The summed E-state index contributed by atoms with van der Waals surface area (Å²) >= 11 is 5.85. The molecule has 1 aliphatic rings. The second-order valence-electron chi connectivity index (χ2n) is 6.89. The first-order valence-electron chi connectivity index (χ1n) is 9.25. The van der Waals surface area contributed by atoms with Crippen molar-refractivity contribution in [2.75, 3.05) is 0 Å². The lowest BCUT2D eigenvalue weighted by molar-refractivity contribution is -0.137. The minimum Gasteiger partial charge on any atom is -0.504 e. The average Bonchev–Trinajstić information content (AvgIpc) is 3.02. The van der Waals surface area contributed by atoms with Crippen LogP contribution in [0.2, 0.25) is 5.02 Å². The molecule has 0 radical (unpaired) electrons. The van der Waals surface area contributed by atoms with Crippen molar-refractivity contribution >= 4 is 29.2 Å². The van der Waals surface area contributed by atoms with Crippen molar-refractivity contribution in [1.29, 1.82) is 0 Å². The van der Waals surface area contributed by atoms with Crippen LogP contribution in [-0.2, 0) is 15.7 Å². The van der Waals surface area contributed by atoms with Crippen molar-refractivity contribution in [1.82, 2.24) is 0 Å². The number of benzene rings is 3. The molecule has 4 rings (SSSR count). The molecule has 3 nitrogen and oxygen atoms in total. The molecule has 0 aliphatic carbocycles. The Kier molecular flexibility index (Phi) is 5.52. The van der Waals surface area contributed by atoms with E-state index in [9.17, 15) is 27.5 Å². The monoisotopic (exact) mass is 460 g/mol. The summed E-state index contributed by atoms with van der Waals surface area (Å²) in [5.74, 6) is -2.61. The normalized spacial score (nSPS) is 15.4. The molecule has 1 heterocycles. The van der Waals surface area contributed by atoms with E-state index in [0.29, 0.717) is 11.1 Å². The van der Waals surface area contributed by atoms with Gasteiger partial charge < -0.3 is 9.84 Å². The third-order valence-corrected chi connectivity index (χ3v) is 5.26. The lowest BCUT2D eigenvalue weighted by Gasteiger charge is -2.10. The third-order valence-electron chi connectivity index (χ3n) is 4.84. The van der Waals surface area contributed by atoms with E-state index in [2.05, 4.69) is 0 Å². The summed E-state index contributed by atoms with van der Waals surface area (Å²) in [5.41, 5.74) is -0.500. The molecule has 8 heteroatoms. The Hall–Kier alpha value is -3.58. The number of ether oxygens (including phenoxy) is 1. The van der Waals surface area contributed by atoms with Gasteiger partial charge >= 0.3 is 12.1 Å². The van der Waals surface area contributed by atoms with Crippen LogP contribution >= 0.6 is 11.6 Å². The van der Waals surface area contributed by atoms with Gasteiger partial charge in [-0.05, 0) is 34.9 Å². The van der Waals surface area contributed by atoms with Crippen LogP contribution in [0.5, 0.6) is 0 Å². The molecule has 0 saturated carbocycles. The molecular formula is C24H13ClF4O3. The standard InChI is InChI=1S/C24H13ClF4O3/c25-21-15(7-4-8-17(21)24(27,28)29)12-19-22(30)20(23(31)32-19)14-9-10-16(18(26)11-14)13-5-2-1-3-6-13/h1-12,30H/b19-12-. The maximum atomic E-state index is 14.7. The molecule has 0 atom stereocenters. The van der Waals surface area contributed by atoms with E-state index in [1.54, 1.807) is 30.3 Å². The van der Waals surface area contributed by atoms with Gasteiger partial charge in [-0.25, -0.2) is 9.18 Å². The SMILES string of the molecule is O=C1O/C(=C\c2cccc(C(F)(F)F)c2Cl)C(O)=C1c1ccc(-c2ccccc2)c(F)c1. The fraction of sp³-hybridized carbons (Fsp3) is 0.0417. The van der Waals surface area contributed by atoms with Crippen molar-refractivity contribution in [3.8, 4) is 11.1 Å². The van der Waals surface area contributed by atoms with E-state index in [1.807, 2.05) is 0 Å². The largest absolute Gasteiger partial charge is 0.504 e. The van der Waals surface area contributed by atoms with E-state index in [-0.39, 0.29) is 16.7 Å². The Morgan fingerprint density at radius 3 is 2.31 bits per heavy atom. The summed E-state index contributed by atoms with van der Waals surface area (Å²) in [5, 5.41) is 9.90. The first-order valence-corrected chi connectivity index (χ1v) is 9.63. The van der Waals surface area contributed by atoms with E-state index in [4.69, 9.17) is 16.3 Å². The zero-order valence-corrected chi connectivity index (χ0v) is 16.8. The molecule has 0 saturated heterocycles. The van der Waals surface area contributed by atoms with Crippen LogP contribution in [0.25, 0.3) is 22.8 Å². The van der Waals surface area contributed by atoms with Gasteiger partial charge in [0.25, 0.3) is 0 Å². The molecule has 32 heavy (non-hydrogen) atoms. The molecule has 0 spiro atoms. The lowest BCUT2D eigenvalue weighted by atomic mass is 9.99. The van der Waals surface area contributed by atoms with Crippen molar-refractivity contribution in [2.45, 2.75) is 6.18 Å². The number of aliphatic hydroxyl groups excluding tert-OH is 1. The Morgan fingerprint density at radius 1 is 0.938 bits per heavy atom. The number of hydrogen-bond donors (Lipinski definition) is 1. The number of halogens is 5. The second kappa shape index (κ2) is 8.16. The number of esters is 1. The van der Waals surface area contributed by atoms with Gasteiger partial charge in [0.1, 0.15) is 11.4 Å². The quantitative estimate of drug-likeness (QED) is 0.337. The number of rotatable bonds is 3. The molecule has 0 amide bonds. The second-order valence-corrected chi connectivity index (χ2v) is 7.27. The third kappa shape index (κ3) is 3.99. The smallest absolute Gasteiger partial charge is 0.417 e. The molecule has 0 bridgehead atoms. The van der Waals surface area contributed by atoms with E-state index in [1.165, 1.54) is 18.2 Å². The minimum atomic E-state index is -4.68. The number of alkyl halides is 3. The first-order chi connectivity index (χ1) is 15.2. The molecule has 162 valence electrons. The number of carbonyl (C=O) groups excluding carboxylic acids is 1. The molecule has 1 aliphatic heterocycles. The summed E-state index contributed by atoms with van der Waals surface area (Å²) < 4.78 is 58.9. The number of hydrogen-bond acceptors (Lipinski definition) is 3. The van der Waals surface area contributed by atoms with Crippen LogP contribution in [0.4, 0.5) is 17.6 Å². The van der Waals surface area contributed by atoms with Crippen molar-refractivity contribution in [3.05, 3.63) is 106 Å². The van der Waals surface area contributed by atoms with Gasteiger partial charge in [0, 0.05) is 5.56 Å². The predicted molar refractivity (Wildman–Crippen MR) is 112 cm³/mol. The van der Waals surface area contributed by atoms with E-state index in [0.717, 1.165) is 24.3 Å². The van der Waals surface area contributed by atoms with E-state index < -0.39 is 40.1 Å². The maximum absolute atomic E-state index is 14.7. The van der Waals surface area contributed by atoms with E-state index >= 15 is 0 Å². The molecule has 3 aromatic carbocycles. The fourth-order valence-electron chi connectivity index (χ4n) is 3.32. The van der Waals surface area contributed by atoms with Crippen LogP contribution in [0, 0.1) is 5.82 Å². The van der Waals surface area contributed by atoms with Crippen molar-refractivity contribution in [3.63, 3.8) is 0 Å². The van der Waals surface area contributed by atoms with Crippen LogP contribution in [0.3, 0.4) is 0 Å². The molecule has 0 fully saturated rings. The van der Waals surface area contributed by atoms with Gasteiger partial charge in [-0.15, -0.1) is 0 Å². The van der Waals surface area contributed by atoms with Crippen LogP contribution in [-0.4, -0.2) is 11.1 Å². The zero-order chi connectivity index (χ0) is 23.0. The predicted octanol–water partition coefficient (Wildman–Crippen LogP) is 7.03. The summed E-state index contributed by atoms with van der Waals surface area (Å²) in [6, 6.07) is 15.9. The summed E-state index contributed by atoms with van der Waals surface area (Å²) in [7, 11) is 0. The van der Waals surface area contributed by atoms with Crippen LogP contribution < -0.4 is 0 Å². The summed E-state index contributed by atoms with van der Waals surface area (Å²) in [6.07, 6.45) is -3.66. The van der Waals surface area contributed by atoms with Crippen LogP contribution in [0.15, 0.2) is 78.2 Å². The Bertz CT molecular complexity index is 1280. The first kappa shape index (κ1) is 21.6. The van der Waals surface area contributed by atoms with Gasteiger partial charge in [0.15, 0.2) is 11.5 Å². The molecule has 1 N–H and O–H groups in total. The highest BCUT2D eigenvalue weighted by molar-refractivity contribution is 6.33. The number of cyclic esters (lactones) is 1. The topological polar surface area (TPSA) is 46.5 Å². The lowest BCUT2D eigenvalue weighted by Crippen LogP contribution is -2.06. The fourth-order valence-corrected chi connectivity index (χ4v) is 3.60. The Morgan fingerprint density at radius 2 is 1.66 bits per heavy atom. The molecule has 0 unspecified atom stereocenters. The number of aliphatic hydroxyl groups is 1. The van der Waals surface area contributed by atoms with Gasteiger partial charge in [-0.2, -0.15) is 13.2 Å². The van der Waals surface area contributed by atoms with Gasteiger partial charge in [0.2, 0.25) is 0 Å². The molecule has 0 aromatic heterocycles. The van der Waals surface area contributed by atoms with Crippen molar-refractivity contribution in [2.24, 2.45) is 0 Å². The van der Waals surface area contributed by atoms with Gasteiger partial charge in [-0.3, -0.25) is 0 Å². The molecule has 3 aromatic rings. The van der Waals surface area contributed by atoms with Gasteiger partial charge in [-0.1, -0.05) is 66.2 Å². The Labute approximate surface area is 184 Å². The maximum Gasteiger partial charge on any atom is 0.417 e. The Balaban J connectivity index is 1.74. The highest BCUT2D eigenvalue weighted by Gasteiger charge is 2.35. The average molecular weight is 461 g/mol. The summed E-state index contributed by atoms with van der Waals surface area (Å²) in [4.78, 5) is 12.3. The zero-order valence-electron chi connectivity index (χ0n) is 16.1. The van der Waals surface area contributed by atoms with Gasteiger partial charge in [0.05, 0.1) is 10.6 Å². The highest BCUT2D eigenvalue weighted by Crippen LogP contribution is 2.39. The summed E-state index contributed by atoms with van der Waals surface area (Å²) in [6.45, 7) is 0. The minimum absolute atomic E-state index is 0.0585. The number of carbonyl (C=O) groups is 1. The molecular weight excluding hydrogens is 448 g/mol. The highest BCUT2D eigenvalue weighted by atomic mass is 35.5. The van der Waals surface area contributed by atoms with Crippen LogP contribution in [0.1, 0.15) is 16.7 Å². The van der Waals surface area contributed by atoms with Crippen molar-refractivity contribution < 1.29 is 32.2 Å².